The van der Waals surface area contributed by atoms with E-state index in [2.05, 4.69) is 5.32 Å². The van der Waals surface area contributed by atoms with E-state index in [9.17, 15) is 19.6 Å². The van der Waals surface area contributed by atoms with Crippen molar-refractivity contribution >= 4 is 34.7 Å². The molecule has 158 valence electrons. The molecule has 0 aromatic heterocycles. The Hall–Kier alpha value is -4.12. The first-order chi connectivity index (χ1) is 14.7. The SMILES string of the molecule is Cc1cc(NC(=O)CCC(=O)C(C#N)=C2N(C)c3ccccc3N2C)ccc1C(N)=O. The maximum Gasteiger partial charge on any atom is 0.248 e. The number of ketones is 1. The number of aryl methyl sites for hydroxylation is 1. The molecule has 2 amide bonds. The van der Waals surface area contributed by atoms with Crippen molar-refractivity contribution in [3.05, 3.63) is 65.0 Å². The van der Waals surface area contributed by atoms with Gasteiger partial charge in [-0.3, -0.25) is 14.4 Å². The summed E-state index contributed by atoms with van der Waals surface area (Å²) in [6, 6.07) is 14.4. The van der Waals surface area contributed by atoms with Gasteiger partial charge in [-0.15, -0.1) is 0 Å². The van der Waals surface area contributed by atoms with E-state index in [4.69, 9.17) is 5.73 Å². The highest BCUT2D eigenvalue weighted by molar-refractivity contribution is 6.04. The van der Waals surface area contributed by atoms with Gasteiger partial charge in [0.2, 0.25) is 11.8 Å². The molecule has 2 aromatic rings. The van der Waals surface area contributed by atoms with Crippen LogP contribution in [-0.2, 0) is 9.59 Å². The number of para-hydroxylation sites is 2. The number of anilines is 3. The number of amides is 2. The Kier molecular flexibility index (Phi) is 6.07. The van der Waals surface area contributed by atoms with E-state index >= 15 is 0 Å². The second kappa shape index (κ2) is 8.71. The molecule has 0 saturated heterocycles. The van der Waals surface area contributed by atoms with Crippen molar-refractivity contribution < 1.29 is 14.4 Å². The predicted octanol–water partition coefficient (Wildman–Crippen LogP) is 2.70. The molecule has 1 aliphatic rings. The van der Waals surface area contributed by atoms with Gasteiger partial charge in [-0.05, 0) is 42.8 Å². The van der Waals surface area contributed by atoms with Crippen molar-refractivity contribution in [3.63, 3.8) is 0 Å². The van der Waals surface area contributed by atoms with Crippen LogP contribution in [-0.4, -0.2) is 31.7 Å². The van der Waals surface area contributed by atoms with E-state index < -0.39 is 11.7 Å². The van der Waals surface area contributed by atoms with Crippen LogP contribution < -0.4 is 20.9 Å². The van der Waals surface area contributed by atoms with E-state index in [0.717, 1.165) is 11.4 Å². The number of nitrogens with zero attached hydrogens (tertiary/aromatic N) is 3. The molecule has 3 rings (SSSR count). The molecule has 1 aliphatic heterocycles. The zero-order chi connectivity index (χ0) is 22.7. The lowest BCUT2D eigenvalue weighted by Crippen LogP contribution is -2.26. The zero-order valence-electron chi connectivity index (χ0n) is 17.6. The number of hydrogen-bond donors (Lipinski definition) is 2. The van der Waals surface area contributed by atoms with Crippen molar-refractivity contribution in [1.82, 2.24) is 0 Å². The number of Topliss-reactive ketones (excluding diaryl/α,β-unsaturated/α-hetero) is 1. The number of carbonyl (C=O) groups is 3. The molecule has 0 bridgehead atoms. The summed E-state index contributed by atoms with van der Waals surface area (Å²) >= 11 is 0. The maximum atomic E-state index is 12.8. The van der Waals surface area contributed by atoms with Crippen LogP contribution in [0.3, 0.4) is 0 Å². The van der Waals surface area contributed by atoms with E-state index in [1.807, 2.05) is 30.3 Å². The average Bonchev–Trinajstić information content (AvgIpc) is 2.98. The first kappa shape index (κ1) is 21.6. The van der Waals surface area contributed by atoms with Crippen LogP contribution in [0.25, 0.3) is 0 Å². The minimum Gasteiger partial charge on any atom is -0.366 e. The zero-order valence-corrected chi connectivity index (χ0v) is 17.6. The molecule has 0 saturated carbocycles. The van der Waals surface area contributed by atoms with Crippen LogP contribution >= 0.6 is 0 Å². The van der Waals surface area contributed by atoms with Gasteiger partial charge in [-0.1, -0.05) is 12.1 Å². The first-order valence-corrected chi connectivity index (χ1v) is 9.69. The highest BCUT2D eigenvalue weighted by Gasteiger charge is 2.31. The van der Waals surface area contributed by atoms with Crippen molar-refractivity contribution in [2.45, 2.75) is 19.8 Å². The quantitative estimate of drug-likeness (QED) is 0.551. The minimum absolute atomic E-state index is 0.00987. The van der Waals surface area contributed by atoms with Crippen LogP contribution in [0.15, 0.2) is 53.9 Å². The van der Waals surface area contributed by atoms with E-state index in [0.29, 0.717) is 22.6 Å². The van der Waals surface area contributed by atoms with Gasteiger partial charge in [-0.2, -0.15) is 5.26 Å². The van der Waals surface area contributed by atoms with Crippen LogP contribution in [0.5, 0.6) is 0 Å². The van der Waals surface area contributed by atoms with Crippen LogP contribution in [0, 0.1) is 18.3 Å². The monoisotopic (exact) mass is 417 g/mol. The predicted molar refractivity (Wildman–Crippen MR) is 118 cm³/mol. The second-order valence-corrected chi connectivity index (χ2v) is 7.28. The molecule has 0 spiro atoms. The molecule has 1 heterocycles. The molecule has 0 unspecified atom stereocenters. The fourth-order valence-corrected chi connectivity index (χ4v) is 3.65. The average molecular weight is 417 g/mol. The lowest BCUT2D eigenvalue weighted by atomic mass is 10.1. The van der Waals surface area contributed by atoms with Crippen molar-refractivity contribution in [2.75, 3.05) is 29.2 Å². The molecule has 0 radical (unpaired) electrons. The van der Waals surface area contributed by atoms with Crippen LogP contribution in [0.4, 0.5) is 17.1 Å². The van der Waals surface area contributed by atoms with Gasteiger partial charge < -0.3 is 20.9 Å². The molecular weight excluding hydrogens is 394 g/mol. The normalized spacial score (nSPS) is 12.3. The summed E-state index contributed by atoms with van der Waals surface area (Å²) in [7, 11) is 3.60. The third-order valence-electron chi connectivity index (χ3n) is 5.21. The second-order valence-electron chi connectivity index (χ2n) is 7.28. The summed E-state index contributed by atoms with van der Waals surface area (Å²) in [6.07, 6.45) is -0.178. The highest BCUT2D eigenvalue weighted by Crippen LogP contribution is 2.40. The first-order valence-electron chi connectivity index (χ1n) is 9.69. The van der Waals surface area contributed by atoms with Crippen molar-refractivity contribution in [1.29, 1.82) is 5.26 Å². The van der Waals surface area contributed by atoms with Crippen molar-refractivity contribution in [2.24, 2.45) is 5.73 Å². The van der Waals surface area contributed by atoms with Gasteiger partial charge in [-0.25, -0.2) is 0 Å². The van der Waals surface area contributed by atoms with Crippen LogP contribution in [0.1, 0.15) is 28.8 Å². The Balaban J connectivity index is 1.69. The number of primary amides is 1. The fraction of sp³-hybridized carbons (Fsp3) is 0.217. The van der Waals surface area contributed by atoms with Gasteiger partial charge in [0.05, 0.1) is 11.4 Å². The number of fused-ring (bicyclic) bond motifs is 1. The summed E-state index contributed by atoms with van der Waals surface area (Å²) in [5, 5.41) is 12.4. The van der Waals surface area contributed by atoms with Crippen LogP contribution in [0.2, 0.25) is 0 Å². The Bertz CT molecular complexity index is 1120. The fourth-order valence-electron chi connectivity index (χ4n) is 3.65. The Morgan fingerprint density at radius 1 is 1.03 bits per heavy atom. The number of nitrogens with two attached hydrogens (primary N) is 1. The molecule has 3 N–H and O–H groups in total. The molecule has 2 aromatic carbocycles. The smallest absolute Gasteiger partial charge is 0.248 e. The van der Waals surface area contributed by atoms with E-state index in [-0.39, 0.29) is 24.3 Å². The molecule has 8 heteroatoms. The summed E-state index contributed by atoms with van der Waals surface area (Å²) in [5.74, 6) is -0.813. The number of nitrogens with one attached hydrogen (secondary N) is 1. The molecular formula is C23H23N5O3. The number of benzene rings is 2. The Morgan fingerprint density at radius 2 is 1.65 bits per heavy atom. The Labute approximate surface area is 180 Å². The van der Waals surface area contributed by atoms with Crippen molar-refractivity contribution in [3.8, 4) is 6.07 Å². The molecule has 31 heavy (non-hydrogen) atoms. The summed E-state index contributed by atoms with van der Waals surface area (Å²) in [5.41, 5.74) is 8.62. The molecule has 0 atom stereocenters. The van der Waals surface area contributed by atoms with Gasteiger partial charge in [0.25, 0.3) is 0 Å². The molecule has 0 aliphatic carbocycles. The summed E-state index contributed by atoms with van der Waals surface area (Å²) in [6.45, 7) is 1.72. The Morgan fingerprint density at radius 3 is 2.16 bits per heavy atom. The third kappa shape index (κ3) is 4.26. The summed E-state index contributed by atoms with van der Waals surface area (Å²) < 4.78 is 0. The number of carbonyl (C=O) groups excluding carboxylic acids is 3. The minimum atomic E-state index is -0.540. The van der Waals surface area contributed by atoms with Gasteiger partial charge in [0.15, 0.2) is 5.78 Å². The van der Waals surface area contributed by atoms with E-state index in [1.54, 1.807) is 49.0 Å². The van der Waals surface area contributed by atoms with Gasteiger partial charge in [0.1, 0.15) is 17.5 Å². The standard InChI is InChI=1S/C23H23N5O3/c1-14-12-15(8-9-16(14)22(25)31)26-21(30)11-10-20(29)17(13-24)23-27(2)18-6-4-5-7-19(18)28(23)3/h4-9,12H,10-11H2,1-3H3,(H2,25,31)(H,26,30). The van der Waals surface area contributed by atoms with Gasteiger partial charge in [0, 0.05) is 38.2 Å². The molecule has 0 fully saturated rings. The number of hydrogen-bond acceptors (Lipinski definition) is 6. The third-order valence-corrected chi connectivity index (χ3v) is 5.21. The van der Waals surface area contributed by atoms with Gasteiger partial charge >= 0.3 is 0 Å². The maximum absolute atomic E-state index is 12.8. The van der Waals surface area contributed by atoms with E-state index in [1.165, 1.54) is 0 Å². The summed E-state index contributed by atoms with van der Waals surface area (Å²) in [4.78, 5) is 40.0. The number of allylic oxidation sites excluding steroid dienone is 1. The number of rotatable bonds is 6. The highest BCUT2D eigenvalue weighted by atomic mass is 16.2. The molecule has 8 nitrogen and oxygen atoms in total. The lowest BCUT2D eigenvalue weighted by Gasteiger charge is -2.19. The lowest BCUT2D eigenvalue weighted by molar-refractivity contribution is -0.120. The topological polar surface area (TPSA) is 120 Å². The largest absolute Gasteiger partial charge is 0.366 e. The number of nitriles is 1.